The van der Waals surface area contributed by atoms with Crippen LogP contribution in [0.15, 0.2) is 24.3 Å². The Labute approximate surface area is 86.5 Å². The zero-order chi connectivity index (χ0) is 10.9. The monoisotopic (exact) mass is 214 g/mol. The summed E-state index contributed by atoms with van der Waals surface area (Å²) in [5.41, 5.74) is 0.823. The van der Waals surface area contributed by atoms with E-state index < -0.39 is 12.1 Å². The molecule has 0 amide bonds. The average molecular weight is 214 g/mol. The Morgan fingerprint density at radius 3 is 2.73 bits per heavy atom. The fourth-order valence-electron chi connectivity index (χ4n) is 1.84. The third kappa shape index (κ3) is 2.25. The lowest BCUT2D eigenvalue weighted by Gasteiger charge is -2.19. The van der Waals surface area contributed by atoms with E-state index in [0.29, 0.717) is 6.54 Å². The minimum atomic E-state index is -4.06. The maximum atomic E-state index is 12.4. The van der Waals surface area contributed by atoms with Gasteiger partial charge >= 0.3 is 6.18 Å². The number of nitrogens with zero attached hydrogens (tertiary/aromatic N) is 1. The molecule has 0 aromatic heterocycles. The quantitative estimate of drug-likeness (QED) is 0.694. The first-order chi connectivity index (χ1) is 7.07. The molecule has 0 spiro atoms. The first-order valence-electron chi connectivity index (χ1n) is 4.85. The third-order valence-corrected chi connectivity index (χ3v) is 2.71. The van der Waals surface area contributed by atoms with Gasteiger partial charge in [-0.2, -0.15) is 13.2 Å². The van der Waals surface area contributed by atoms with Crippen molar-refractivity contribution in [3.05, 3.63) is 30.3 Å². The van der Waals surface area contributed by atoms with E-state index in [4.69, 9.17) is 0 Å². The number of alkyl halides is 3. The number of halogens is 3. The molecule has 1 fully saturated rings. The molecule has 0 N–H and O–H groups in total. The van der Waals surface area contributed by atoms with Crippen molar-refractivity contribution in [1.29, 1.82) is 0 Å². The maximum absolute atomic E-state index is 12.4. The molecular formula is C11H11F3N. The summed E-state index contributed by atoms with van der Waals surface area (Å²) in [6.45, 7) is 0.545. The van der Waals surface area contributed by atoms with Gasteiger partial charge in [-0.1, -0.05) is 12.1 Å². The summed E-state index contributed by atoms with van der Waals surface area (Å²) in [6.07, 6.45) is -3.87. The normalized spacial score (nSPS) is 22.1. The SMILES string of the molecule is FC(F)(F)[C@@H]1CCN(c2c[c]ccc2)C1. The second-order valence-corrected chi connectivity index (χ2v) is 3.73. The first-order valence-corrected chi connectivity index (χ1v) is 4.85. The highest BCUT2D eigenvalue weighted by atomic mass is 19.4. The Kier molecular flexibility index (Phi) is 2.59. The lowest BCUT2D eigenvalue weighted by atomic mass is 10.1. The lowest BCUT2D eigenvalue weighted by molar-refractivity contribution is -0.168. The molecule has 1 heterocycles. The molecule has 1 aromatic carbocycles. The van der Waals surface area contributed by atoms with Gasteiger partial charge in [0.15, 0.2) is 0 Å². The molecule has 81 valence electrons. The number of hydrogen-bond donors (Lipinski definition) is 0. The molecule has 1 aromatic rings. The number of hydrogen-bond acceptors (Lipinski definition) is 1. The molecule has 0 saturated carbocycles. The molecule has 0 bridgehead atoms. The van der Waals surface area contributed by atoms with Crippen LogP contribution in [0.1, 0.15) is 6.42 Å². The molecule has 2 rings (SSSR count). The molecule has 15 heavy (non-hydrogen) atoms. The Bertz CT molecular complexity index is 320. The van der Waals surface area contributed by atoms with Crippen molar-refractivity contribution in [2.45, 2.75) is 12.6 Å². The molecule has 1 aliphatic heterocycles. The highest BCUT2D eigenvalue weighted by Gasteiger charge is 2.43. The van der Waals surface area contributed by atoms with Crippen LogP contribution in [0.2, 0.25) is 0 Å². The number of rotatable bonds is 1. The van der Waals surface area contributed by atoms with Crippen molar-refractivity contribution < 1.29 is 13.2 Å². The second-order valence-electron chi connectivity index (χ2n) is 3.73. The topological polar surface area (TPSA) is 3.24 Å². The van der Waals surface area contributed by atoms with E-state index in [1.165, 1.54) is 0 Å². The van der Waals surface area contributed by atoms with Crippen molar-refractivity contribution in [2.75, 3.05) is 18.0 Å². The van der Waals surface area contributed by atoms with Crippen LogP contribution in [0.4, 0.5) is 18.9 Å². The van der Waals surface area contributed by atoms with E-state index in [0.717, 1.165) is 5.69 Å². The number of benzene rings is 1. The summed E-state index contributed by atoms with van der Waals surface area (Å²) in [4.78, 5) is 1.76. The van der Waals surface area contributed by atoms with E-state index in [1.54, 1.807) is 23.1 Å². The Balaban J connectivity index is 2.05. The van der Waals surface area contributed by atoms with Crippen molar-refractivity contribution in [3.8, 4) is 0 Å². The molecule has 1 atom stereocenters. The van der Waals surface area contributed by atoms with Crippen molar-refractivity contribution in [1.82, 2.24) is 0 Å². The van der Waals surface area contributed by atoms with Gasteiger partial charge in [0.1, 0.15) is 0 Å². The van der Waals surface area contributed by atoms with Crippen LogP contribution in [-0.2, 0) is 0 Å². The molecule has 1 radical (unpaired) electrons. The Morgan fingerprint density at radius 1 is 1.40 bits per heavy atom. The van der Waals surface area contributed by atoms with Gasteiger partial charge in [0, 0.05) is 18.8 Å². The zero-order valence-corrected chi connectivity index (χ0v) is 8.09. The molecule has 1 saturated heterocycles. The van der Waals surface area contributed by atoms with Crippen molar-refractivity contribution >= 4 is 5.69 Å². The highest BCUT2D eigenvalue weighted by molar-refractivity contribution is 5.46. The Hall–Kier alpha value is -1.19. The van der Waals surface area contributed by atoms with Gasteiger partial charge in [-0.3, -0.25) is 0 Å². The average Bonchev–Trinajstić information content (AvgIpc) is 2.67. The predicted octanol–water partition coefficient (Wildman–Crippen LogP) is 2.88. The second kappa shape index (κ2) is 3.76. The predicted molar refractivity (Wildman–Crippen MR) is 51.7 cm³/mol. The van der Waals surface area contributed by atoms with Crippen LogP contribution in [0.25, 0.3) is 0 Å². The van der Waals surface area contributed by atoms with Crippen molar-refractivity contribution in [2.24, 2.45) is 5.92 Å². The van der Waals surface area contributed by atoms with E-state index in [2.05, 4.69) is 6.07 Å². The molecule has 4 heteroatoms. The summed E-state index contributed by atoms with van der Waals surface area (Å²) in [7, 11) is 0. The zero-order valence-electron chi connectivity index (χ0n) is 8.09. The standard InChI is InChI=1S/C11H11F3N/c12-11(13,14)9-6-7-15(8-9)10-4-2-1-3-5-10/h1-2,4-5,9H,6-8H2/t9-/m1/s1. The van der Waals surface area contributed by atoms with E-state index in [1.807, 2.05) is 6.07 Å². The van der Waals surface area contributed by atoms with Gasteiger partial charge in [-0.05, 0) is 24.6 Å². The van der Waals surface area contributed by atoms with Crippen LogP contribution in [0, 0.1) is 12.0 Å². The maximum Gasteiger partial charge on any atom is 0.393 e. The van der Waals surface area contributed by atoms with E-state index in [9.17, 15) is 13.2 Å². The summed E-state index contributed by atoms with van der Waals surface area (Å²) in [5, 5.41) is 0. The van der Waals surface area contributed by atoms with Crippen LogP contribution < -0.4 is 4.90 Å². The summed E-state index contributed by atoms with van der Waals surface area (Å²) < 4.78 is 37.2. The molecule has 1 nitrogen and oxygen atoms in total. The summed E-state index contributed by atoms with van der Waals surface area (Å²) >= 11 is 0. The summed E-state index contributed by atoms with van der Waals surface area (Å²) in [5.74, 6) is -1.18. The fraction of sp³-hybridized carbons (Fsp3) is 0.455. The van der Waals surface area contributed by atoms with E-state index >= 15 is 0 Å². The van der Waals surface area contributed by atoms with Gasteiger partial charge in [0.2, 0.25) is 0 Å². The Morgan fingerprint density at radius 2 is 2.20 bits per heavy atom. The molecule has 0 aliphatic carbocycles. The van der Waals surface area contributed by atoms with Gasteiger partial charge in [0.05, 0.1) is 5.92 Å². The molecule has 1 aliphatic rings. The van der Waals surface area contributed by atoms with E-state index in [-0.39, 0.29) is 13.0 Å². The summed E-state index contributed by atoms with van der Waals surface area (Å²) in [6, 6.07) is 9.93. The van der Waals surface area contributed by atoms with Crippen LogP contribution >= 0.6 is 0 Å². The third-order valence-electron chi connectivity index (χ3n) is 2.71. The molecule has 0 unspecified atom stereocenters. The van der Waals surface area contributed by atoms with Gasteiger partial charge in [-0.15, -0.1) is 0 Å². The smallest absolute Gasteiger partial charge is 0.371 e. The van der Waals surface area contributed by atoms with Gasteiger partial charge in [-0.25, -0.2) is 0 Å². The van der Waals surface area contributed by atoms with Gasteiger partial charge < -0.3 is 4.90 Å². The first kappa shape index (κ1) is 10.3. The minimum absolute atomic E-state index is 0.0708. The fourth-order valence-corrected chi connectivity index (χ4v) is 1.84. The van der Waals surface area contributed by atoms with Crippen molar-refractivity contribution in [3.63, 3.8) is 0 Å². The number of anilines is 1. The lowest BCUT2D eigenvalue weighted by Crippen LogP contribution is -2.27. The van der Waals surface area contributed by atoms with Crippen LogP contribution in [0.3, 0.4) is 0 Å². The van der Waals surface area contributed by atoms with Crippen LogP contribution in [-0.4, -0.2) is 19.3 Å². The van der Waals surface area contributed by atoms with Crippen LogP contribution in [0.5, 0.6) is 0 Å². The minimum Gasteiger partial charge on any atom is -0.371 e. The largest absolute Gasteiger partial charge is 0.393 e. The highest BCUT2D eigenvalue weighted by Crippen LogP contribution is 2.35. The van der Waals surface area contributed by atoms with Gasteiger partial charge in [0.25, 0.3) is 0 Å². The molecular weight excluding hydrogens is 203 g/mol.